The van der Waals surface area contributed by atoms with Crippen LogP contribution in [0.5, 0.6) is 0 Å². The maximum atomic E-state index is 9.87. The number of halogens is 6. The quantitative estimate of drug-likeness (QED) is 0.391. The number of H-pyrrole nitrogens is 1. The Labute approximate surface area is 81.1 Å². The van der Waals surface area contributed by atoms with Gasteiger partial charge in [-0.1, -0.05) is 0 Å². The first-order chi connectivity index (χ1) is 4.95. The molecule has 0 aliphatic rings. The Kier molecular flexibility index (Phi) is 4.14. The Morgan fingerprint density at radius 2 is 1.38 bits per heavy atom. The molecule has 0 spiro atoms. The summed E-state index contributed by atoms with van der Waals surface area (Å²) in [5, 5.41) is 0. The number of nitrogens with one attached hydrogen (secondary N) is 1. The van der Waals surface area contributed by atoms with Crippen LogP contribution in [-0.2, 0) is 0 Å². The smallest absolute Gasteiger partial charge is 0.351 e. The van der Waals surface area contributed by atoms with Crippen LogP contribution in [0.3, 0.4) is 0 Å². The van der Waals surface area contributed by atoms with Crippen LogP contribution in [0.15, 0.2) is 18.7 Å². The fourth-order valence-corrected chi connectivity index (χ4v) is 0.215. The monoisotopic (exact) mass is 220 g/mol. The second-order valence-corrected chi connectivity index (χ2v) is 3.64. The number of aromatic nitrogens is 2. The Morgan fingerprint density at radius 1 is 1.00 bits per heavy atom. The van der Waals surface area contributed by atoms with E-state index in [4.69, 9.17) is 0 Å². The van der Waals surface area contributed by atoms with Gasteiger partial charge in [-0.3, -0.25) is 0 Å². The Morgan fingerprint density at radius 3 is 1.46 bits per heavy atom. The molecule has 1 rings (SSSR count). The van der Waals surface area contributed by atoms with Crippen molar-refractivity contribution in [3.8, 4) is 0 Å². The van der Waals surface area contributed by atoms with E-state index in [2.05, 4.69) is 9.97 Å². The summed E-state index contributed by atoms with van der Waals surface area (Å²) in [5.41, 5.74) is 0. The molecule has 0 aliphatic heterocycles. The first-order valence-corrected chi connectivity index (χ1v) is 4.47. The van der Waals surface area contributed by atoms with E-state index in [0.29, 0.717) is 0 Å². The molecule has 1 heterocycles. The molecule has 10 heteroatoms. The maximum Gasteiger partial charge on any atom is 1.00 e. The second kappa shape index (κ2) is 3.52. The molecule has 0 saturated carbocycles. The minimum Gasteiger partial charge on any atom is -0.351 e. The van der Waals surface area contributed by atoms with Gasteiger partial charge in [0.15, 0.2) is 0 Å². The van der Waals surface area contributed by atoms with Crippen LogP contribution < -0.4 is 18.9 Å². The Bertz CT molecular complexity index is 197. The van der Waals surface area contributed by atoms with Crippen molar-refractivity contribution in [2.75, 3.05) is 0 Å². The molecule has 0 aromatic carbocycles. The van der Waals surface area contributed by atoms with Crippen molar-refractivity contribution in [2.45, 2.75) is 0 Å². The third-order valence-corrected chi connectivity index (χ3v) is 0.406. The fraction of sp³-hybridized carbons (Fsp3) is 0. The zero-order chi connectivity index (χ0) is 9.94. The van der Waals surface area contributed by atoms with Gasteiger partial charge in [0.1, 0.15) is 0 Å². The van der Waals surface area contributed by atoms with Crippen molar-refractivity contribution in [2.24, 2.45) is 0 Å². The number of rotatable bonds is 0. The van der Waals surface area contributed by atoms with E-state index in [0.717, 1.165) is 0 Å². The van der Waals surface area contributed by atoms with Gasteiger partial charge in [0.25, 0.3) is 0 Å². The van der Waals surface area contributed by atoms with Crippen LogP contribution in [0.1, 0.15) is 0 Å². The van der Waals surface area contributed by atoms with Gasteiger partial charge >= 0.3 is 51.9 Å². The second-order valence-electron chi connectivity index (χ2n) is 1.72. The summed E-state index contributed by atoms with van der Waals surface area (Å²) >= 11 is 0. The van der Waals surface area contributed by atoms with Crippen molar-refractivity contribution in [3.63, 3.8) is 0 Å². The molecule has 0 aliphatic carbocycles. The standard InChI is InChI=1S/C3H4N2.F6P.Li/c1-2-5-3-4-1;1-7(2,3,4,5)6;/h1-3H,(H,4,5);;/q;-1;+1. The van der Waals surface area contributed by atoms with Gasteiger partial charge in [0, 0.05) is 12.4 Å². The molecule has 13 heavy (non-hydrogen) atoms. The first kappa shape index (κ1) is 15.3. The van der Waals surface area contributed by atoms with E-state index in [9.17, 15) is 25.2 Å². The molecule has 1 aromatic heterocycles. The van der Waals surface area contributed by atoms with Crippen molar-refractivity contribution in [1.82, 2.24) is 9.97 Å². The average Bonchev–Trinajstić information content (AvgIpc) is 2.00. The molecule has 2 nitrogen and oxygen atoms in total. The number of hydrogen-bond acceptors (Lipinski definition) is 1. The van der Waals surface area contributed by atoms with E-state index in [-0.39, 0.29) is 18.9 Å². The van der Waals surface area contributed by atoms with Crippen LogP contribution in [0, 0.1) is 0 Å². The molecular weight excluding hydrogens is 216 g/mol. The normalized spacial score (nSPS) is 15.5. The van der Waals surface area contributed by atoms with Gasteiger partial charge in [0.2, 0.25) is 0 Å². The van der Waals surface area contributed by atoms with Gasteiger partial charge in [-0.2, -0.15) is 0 Å². The summed E-state index contributed by atoms with van der Waals surface area (Å²) in [5.74, 6) is 0. The van der Waals surface area contributed by atoms with Crippen LogP contribution in [0.4, 0.5) is 25.2 Å². The number of nitrogens with zero attached hydrogens (tertiary/aromatic N) is 1. The molecule has 74 valence electrons. The molecule has 0 fully saturated rings. The van der Waals surface area contributed by atoms with Crippen molar-refractivity contribution >= 4 is 7.81 Å². The third-order valence-electron chi connectivity index (χ3n) is 0.406. The topological polar surface area (TPSA) is 28.7 Å². The zero-order valence-electron chi connectivity index (χ0n) is 6.39. The Balaban J connectivity index is 0. The molecule has 0 radical (unpaired) electrons. The molecule has 0 unspecified atom stereocenters. The van der Waals surface area contributed by atoms with E-state index in [1.54, 1.807) is 18.7 Å². The number of imidazole rings is 1. The Hall–Kier alpha value is -0.183. The van der Waals surface area contributed by atoms with E-state index in [1.807, 2.05) is 0 Å². The minimum atomic E-state index is -10.7. The van der Waals surface area contributed by atoms with E-state index in [1.165, 1.54) is 0 Å². The predicted octanol–water partition coefficient (Wildman–Crippen LogP) is 0.796. The molecule has 1 N–H and O–H groups in total. The van der Waals surface area contributed by atoms with Crippen molar-refractivity contribution in [1.29, 1.82) is 0 Å². The van der Waals surface area contributed by atoms with Gasteiger partial charge in [-0.05, 0) is 0 Å². The average molecular weight is 220 g/mol. The molecule has 1 aromatic rings. The van der Waals surface area contributed by atoms with E-state index >= 15 is 0 Å². The van der Waals surface area contributed by atoms with Crippen LogP contribution >= 0.6 is 7.81 Å². The molecule has 0 bridgehead atoms. The van der Waals surface area contributed by atoms with Crippen LogP contribution in [0.25, 0.3) is 0 Å². The van der Waals surface area contributed by atoms with Crippen molar-refractivity contribution in [3.05, 3.63) is 18.7 Å². The maximum absolute atomic E-state index is 10.7. The van der Waals surface area contributed by atoms with E-state index < -0.39 is 7.81 Å². The summed E-state index contributed by atoms with van der Waals surface area (Å²) in [7, 11) is -10.7. The first-order valence-electron chi connectivity index (χ1n) is 2.44. The van der Waals surface area contributed by atoms with Gasteiger partial charge in [-0.25, -0.2) is 4.98 Å². The van der Waals surface area contributed by atoms with Gasteiger partial charge in [-0.15, -0.1) is 0 Å². The SMILES string of the molecule is F[P-](F)(F)(F)(F)F.[Li+].c1c[nH]cn1. The number of hydrogen-bond donors (Lipinski definition) is 1. The summed E-state index contributed by atoms with van der Waals surface area (Å²) < 4.78 is 59.2. The predicted molar refractivity (Wildman–Crippen MR) is 32.2 cm³/mol. The van der Waals surface area contributed by atoms with Gasteiger partial charge in [0.05, 0.1) is 6.33 Å². The number of aromatic amines is 1. The third kappa shape index (κ3) is 49.1. The van der Waals surface area contributed by atoms with Crippen LogP contribution in [0.2, 0.25) is 0 Å². The summed E-state index contributed by atoms with van der Waals surface area (Å²) in [6, 6.07) is 0. The van der Waals surface area contributed by atoms with Crippen LogP contribution in [-0.4, -0.2) is 9.97 Å². The summed E-state index contributed by atoms with van der Waals surface area (Å²) in [6.07, 6.45) is 5.08. The zero-order valence-corrected chi connectivity index (χ0v) is 7.29. The molecular formula is C3H4F6LiN2P. The molecule has 0 saturated heterocycles. The fourth-order valence-electron chi connectivity index (χ4n) is 0.215. The molecule has 0 amide bonds. The van der Waals surface area contributed by atoms with Crippen molar-refractivity contribution < 1.29 is 44.0 Å². The largest absolute Gasteiger partial charge is 1.00 e. The molecule has 0 atom stereocenters. The summed E-state index contributed by atoms with van der Waals surface area (Å²) in [6.45, 7) is 0. The van der Waals surface area contributed by atoms with Gasteiger partial charge < -0.3 is 4.98 Å². The minimum absolute atomic E-state index is 0. The summed E-state index contributed by atoms with van der Waals surface area (Å²) in [4.78, 5) is 6.42.